The number of aromatic nitrogens is 2. The van der Waals surface area contributed by atoms with Crippen molar-refractivity contribution >= 4 is 33.2 Å². The van der Waals surface area contributed by atoms with E-state index in [1.807, 2.05) is 0 Å². The van der Waals surface area contributed by atoms with Gasteiger partial charge in [0.05, 0.1) is 19.4 Å². The molecule has 1 aliphatic rings. The molecular weight excluding hydrogens is 446 g/mol. The first-order valence-corrected chi connectivity index (χ1v) is 10.2. The summed E-state index contributed by atoms with van der Waals surface area (Å²) < 4.78 is 66.4. The Morgan fingerprint density at radius 3 is 2.39 bits per heavy atom. The number of sulfonamides is 1. The Bertz CT molecular complexity index is 948. The van der Waals surface area contributed by atoms with E-state index in [-0.39, 0.29) is 29.6 Å². The lowest BCUT2D eigenvalue weighted by Crippen LogP contribution is -2.32. The monoisotopic (exact) mass is 459 g/mol. The highest BCUT2D eigenvalue weighted by atomic mass is 35.5. The van der Waals surface area contributed by atoms with Gasteiger partial charge in [0.15, 0.2) is 0 Å². The molecule has 0 bridgehead atoms. The van der Waals surface area contributed by atoms with E-state index in [1.165, 1.54) is 31.4 Å². The first kappa shape index (κ1) is 21.3. The van der Waals surface area contributed by atoms with Gasteiger partial charge in [0.1, 0.15) is 4.33 Å². The second-order valence-electron chi connectivity index (χ2n) is 6.20. The molecule has 1 aromatic carbocycles. The lowest BCUT2D eigenvalue weighted by atomic mass is 10.1. The Morgan fingerprint density at radius 2 is 1.93 bits per heavy atom. The van der Waals surface area contributed by atoms with Crippen molar-refractivity contribution in [2.75, 3.05) is 12.9 Å². The lowest BCUT2D eigenvalue weighted by Gasteiger charge is -2.19. The number of benzene rings is 1. The van der Waals surface area contributed by atoms with Crippen molar-refractivity contribution in [1.29, 1.82) is 0 Å². The topological polar surface area (TPSA) is 85.5 Å². The molecule has 1 fully saturated rings. The molecule has 3 rings (SSSR count). The number of hydrogen-bond acceptors (Lipinski definition) is 6. The molecule has 1 unspecified atom stereocenters. The van der Waals surface area contributed by atoms with Gasteiger partial charge in [-0.3, -0.25) is 4.84 Å². The number of rotatable bonds is 7. The molecule has 2 aromatic rings. The van der Waals surface area contributed by atoms with E-state index in [0.29, 0.717) is 12.0 Å². The number of halogens is 5. The predicted octanol–water partition coefficient (Wildman–Crippen LogP) is 3.64. The molecule has 1 atom stereocenters. The molecule has 0 aliphatic heterocycles. The number of hydrogen-bond donors (Lipinski definition) is 0. The minimum Gasteiger partial charge on any atom is -0.329 e. The normalized spacial score (nSPS) is 19.2. The summed E-state index contributed by atoms with van der Waals surface area (Å²) >= 11 is 11.8. The highest BCUT2D eigenvalue weighted by Gasteiger charge is 2.54. The van der Waals surface area contributed by atoms with Crippen LogP contribution in [0.25, 0.3) is 11.4 Å². The summed E-state index contributed by atoms with van der Waals surface area (Å²) in [5.74, 6) is -2.31. The van der Waals surface area contributed by atoms with E-state index in [2.05, 4.69) is 14.7 Å². The number of nitrogens with zero attached hydrogens (tertiary/aromatic N) is 3. The fourth-order valence-electron chi connectivity index (χ4n) is 2.43. The Morgan fingerprint density at radius 1 is 1.32 bits per heavy atom. The molecule has 154 valence electrons. The average Bonchev–Trinajstić information content (AvgIpc) is 3.00. The van der Waals surface area contributed by atoms with Crippen LogP contribution in [0.1, 0.15) is 17.9 Å². The molecule has 0 saturated heterocycles. The summed E-state index contributed by atoms with van der Waals surface area (Å²) in [5.41, 5.74) is 0.814. The maximum Gasteiger partial charge on any atom is 0.471 e. The van der Waals surface area contributed by atoms with E-state index in [1.54, 1.807) is 0 Å². The molecule has 28 heavy (non-hydrogen) atoms. The molecular formula is C15H14Cl2F3N3O4S. The van der Waals surface area contributed by atoms with Gasteiger partial charge in [0.25, 0.3) is 0 Å². The predicted molar refractivity (Wildman–Crippen MR) is 93.6 cm³/mol. The van der Waals surface area contributed by atoms with Gasteiger partial charge in [0.2, 0.25) is 15.8 Å². The molecule has 1 heterocycles. The Balaban J connectivity index is 1.70. The quantitative estimate of drug-likeness (QED) is 0.464. The van der Waals surface area contributed by atoms with Crippen LogP contribution in [0.2, 0.25) is 0 Å². The summed E-state index contributed by atoms with van der Waals surface area (Å²) in [5, 5.41) is 3.29. The van der Waals surface area contributed by atoms with Gasteiger partial charge < -0.3 is 4.52 Å². The second kappa shape index (κ2) is 7.45. The molecule has 1 aliphatic carbocycles. The summed E-state index contributed by atoms with van der Waals surface area (Å²) in [6.07, 6.45) is -4.35. The van der Waals surface area contributed by atoms with Gasteiger partial charge >= 0.3 is 12.1 Å². The number of alkyl halides is 5. The first-order chi connectivity index (χ1) is 12.9. The summed E-state index contributed by atoms with van der Waals surface area (Å²) in [6.45, 7) is -0.108. The molecule has 0 radical (unpaired) electrons. The van der Waals surface area contributed by atoms with Crippen molar-refractivity contribution in [3.8, 4) is 11.4 Å². The summed E-state index contributed by atoms with van der Waals surface area (Å²) in [7, 11) is -2.56. The molecule has 7 nitrogen and oxygen atoms in total. The van der Waals surface area contributed by atoms with Crippen molar-refractivity contribution < 1.29 is 30.9 Å². The van der Waals surface area contributed by atoms with Crippen LogP contribution >= 0.6 is 23.2 Å². The van der Waals surface area contributed by atoms with Gasteiger partial charge in [-0.15, -0.1) is 23.2 Å². The van der Waals surface area contributed by atoms with Gasteiger partial charge in [-0.2, -0.15) is 18.2 Å². The summed E-state index contributed by atoms with van der Waals surface area (Å²) in [6, 6.07) is 5.94. The SMILES string of the molecule is CON(Cc1ccc(-c2noc(C(F)(F)F)n2)cc1)S(=O)(=O)CC1CC1(Cl)Cl. The Labute approximate surface area is 168 Å². The molecule has 0 N–H and O–H groups in total. The lowest BCUT2D eigenvalue weighted by molar-refractivity contribution is -0.159. The molecule has 13 heteroatoms. The zero-order chi connectivity index (χ0) is 20.7. The fourth-order valence-corrected chi connectivity index (χ4v) is 4.79. The van der Waals surface area contributed by atoms with Crippen molar-refractivity contribution in [3.63, 3.8) is 0 Å². The highest BCUT2D eigenvalue weighted by Crippen LogP contribution is 2.53. The van der Waals surface area contributed by atoms with E-state index >= 15 is 0 Å². The highest BCUT2D eigenvalue weighted by molar-refractivity contribution is 7.88. The summed E-state index contributed by atoms with van der Waals surface area (Å²) in [4.78, 5) is 8.26. The fraction of sp³-hybridized carbons (Fsp3) is 0.467. The van der Waals surface area contributed by atoms with Crippen LogP contribution in [0.4, 0.5) is 13.2 Å². The maximum absolute atomic E-state index is 12.5. The van der Waals surface area contributed by atoms with Gasteiger partial charge in [-0.05, 0) is 12.0 Å². The largest absolute Gasteiger partial charge is 0.471 e. The van der Waals surface area contributed by atoms with E-state index in [4.69, 9.17) is 28.0 Å². The van der Waals surface area contributed by atoms with Gasteiger partial charge in [-0.1, -0.05) is 33.9 Å². The third kappa shape index (κ3) is 4.77. The van der Waals surface area contributed by atoms with Crippen LogP contribution in [0.15, 0.2) is 28.8 Å². The van der Waals surface area contributed by atoms with Crippen molar-refractivity contribution in [2.45, 2.75) is 23.5 Å². The molecule has 0 amide bonds. The standard InChI is InChI=1S/C15H14Cl2F3N3O4S/c1-26-23(28(24,25)8-11-6-14(11,16)17)7-9-2-4-10(5-3-9)12-21-13(27-22-12)15(18,19)20/h2-5,11H,6-8H2,1H3. The van der Waals surface area contributed by atoms with Gasteiger partial charge in [-0.25, -0.2) is 8.42 Å². The van der Waals surface area contributed by atoms with Crippen LogP contribution < -0.4 is 0 Å². The van der Waals surface area contributed by atoms with Crippen LogP contribution in [-0.2, 0) is 27.6 Å². The Hall–Kier alpha value is -1.40. The second-order valence-corrected chi connectivity index (χ2v) is 9.65. The minimum atomic E-state index is -4.73. The van der Waals surface area contributed by atoms with Crippen LogP contribution in [0.3, 0.4) is 0 Å². The van der Waals surface area contributed by atoms with Crippen LogP contribution in [0.5, 0.6) is 0 Å². The maximum atomic E-state index is 12.5. The van der Waals surface area contributed by atoms with Crippen LogP contribution in [0, 0.1) is 5.92 Å². The van der Waals surface area contributed by atoms with E-state index < -0.39 is 26.4 Å². The number of hydroxylamine groups is 1. The van der Waals surface area contributed by atoms with Crippen molar-refractivity contribution in [2.24, 2.45) is 5.92 Å². The molecule has 1 aromatic heterocycles. The van der Waals surface area contributed by atoms with E-state index in [0.717, 1.165) is 4.47 Å². The zero-order valence-corrected chi connectivity index (χ0v) is 16.6. The molecule has 0 spiro atoms. The average molecular weight is 460 g/mol. The Kier molecular flexibility index (Phi) is 5.67. The van der Waals surface area contributed by atoms with Gasteiger partial charge in [0, 0.05) is 11.5 Å². The zero-order valence-electron chi connectivity index (χ0n) is 14.3. The third-order valence-corrected chi connectivity index (χ3v) is 6.72. The van der Waals surface area contributed by atoms with E-state index in [9.17, 15) is 21.6 Å². The third-order valence-electron chi connectivity index (χ3n) is 4.07. The minimum absolute atomic E-state index is 0.108. The van der Waals surface area contributed by atoms with Crippen LogP contribution in [-0.4, -0.2) is 40.2 Å². The molecule has 1 saturated carbocycles. The van der Waals surface area contributed by atoms with Crippen molar-refractivity contribution in [3.05, 3.63) is 35.7 Å². The van der Waals surface area contributed by atoms with Crippen molar-refractivity contribution in [1.82, 2.24) is 14.6 Å². The smallest absolute Gasteiger partial charge is 0.329 e. The first-order valence-electron chi connectivity index (χ1n) is 7.85.